The molecule has 8 heteroatoms. The first-order valence-corrected chi connectivity index (χ1v) is 8.00. The fourth-order valence-corrected chi connectivity index (χ4v) is 2.14. The number of allylic oxidation sites excluding steroid dienone is 2. The molecule has 8 nitrogen and oxygen atoms in total. The molecule has 2 heterocycles. The van der Waals surface area contributed by atoms with Gasteiger partial charge in [-0.2, -0.15) is 4.98 Å². The van der Waals surface area contributed by atoms with Crippen molar-refractivity contribution in [2.75, 3.05) is 11.5 Å². The zero-order chi connectivity index (χ0) is 18.6. The minimum Gasteiger partial charge on any atom is -0.461 e. The van der Waals surface area contributed by atoms with E-state index in [0.717, 1.165) is 0 Å². The summed E-state index contributed by atoms with van der Waals surface area (Å²) >= 11 is 0. The van der Waals surface area contributed by atoms with Crippen molar-refractivity contribution >= 4 is 18.1 Å². The van der Waals surface area contributed by atoms with E-state index < -0.39 is 17.7 Å². The average molecular weight is 349 g/mol. The molecule has 1 atom stereocenters. The molecule has 0 saturated heterocycles. The molecule has 0 saturated carbocycles. The highest BCUT2D eigenvalue weighted by atomic mass is 16.6. The van der Waals surface area contributed by atoms with Crippen LogP contribution in [0.25, 0.3) is 0 Å². The highest BCUT2D eigenvalue weighted by Gasteiger charge is 2.26. The maximum Gasteiger partial charge on any atom is 0.411 e. The van der Waals surface area contributed by atoms with Crippen molar-refractivity contribution in [1.82, 2.24) is 10.3 Å². The number of carbonyl (C=O) groups is 2. The van der Waals surface area contributed by atoms with Crippen LogP contribution >= 0.6 is 0 Å². The summed E-state index contributed by atoms with van der Waals surface area (Å²) in [5, 5.41) is 2.72. The predicted octanol–water partition coefficient (Wildman–Crippen LogP) is 2.98. The van der Waals surface area contributed by atoms with E-state index in [2.05, 4.69) is 10.3 Å². The molecule has 1 aliphatic heterocycles. The third kappa shape index (κ3) is 4.85. The number of rotatable bonds is 4. The Labute approximate surface area is 146 Å². The monoisotopic (exact) mass is 349 g/mol. The molecular weight excluding hydrogens is 326 g/mol. The molecule has 0 aromatic carbocycles. The van der Waals surface area contributed by atoms with Gasteiger partial charge in [0.25, 0.3) is 0 Å². The van der Waals surface area contributed by atoms with Crippen LogP contribution in [0.1, 0.15) is 45.1 Å². The lowest BCUT2D eigenvalue weighted by Gasteiger charge is -2.29. The van der Waals surface area contributed by atoms with E-state index in [-0.39, 0.29) is 24.4 Å². The number of oxazole rings is 1. The summed E-state index contributed by atoms with van der Waals surface area (Å²) in [6.07, 6.45) is 5.94. The fourth-order valence-electron chi connectivity index (χ4n) is 2.14. The number of ether oxygens (including phenoxy) is 2. The van der Waals surface area contributed by atoms with Crippen LogP contribution in [0.3, 0.4) is 0 Å². The quantitative estimate of drug-likeness (QED) is 0.835. The number of amides is 1. The molecular formula is C17H23N3O5. The zero-order valence-corrected chi connectivity index (χ0v) is 15.0. The van der Waals surface area contributed by atoms with E-state index in [1.54, 1.807) is 50.9 Å². The number of nitrogens with zero attached hydrogens (tertiary/aromatic N) is 2. The van der Waals surface area contributed by atoms with Gasteiger partial charge in [-0.15, -0.1) is 0 Å². The summed E-state index contributed by atoms with van der Waals surface area (Å²) in [6, 6.07) is -0.0467. The predicted molar refractivity (Wildman–Crippen MR) is 91.0 cm³/mol. The van der Waals surface area contributed by atoms with Gasteiger partial charge in [0.1, 0.15) is 11.9 Å². The summed E-state index contributed by atoms with van der Waals surface area (Å²) in [4.78, 5) is 29.5. The molecule has 2 rings (SSSR count). The van der Waals surface area contributed by atoms with Crippen molar-refractivity contribution in [1.29, 1.82) is 0 Å². The normalized spacial score (nSPS) is 17.1. The molecule has 1 aromatic heterocycles. The Morgan fingerprint density at radius 3 is 2.76 bits per heavy atom. The van der Waals surface area contributed by atoms with Crippen molar-refractivity contribution in [3.05, 3.63) is 36.0 Å². The second-order valence-electron chi connectivity index (χ2n) is 6.41. The largest absolute Gasteiger partial charge is 0.461 e. The molecule has 1 aromatic rings. The highest BCUT2D eigenvalue weighted by molar-refractivity contribution is 5.87. The number of carbonyl (C=O) groups excluding carboxylic acids is 2. The van der Waals surface area contributed by atoms with Crippen LogP contribution in [0.4, 0.5) is 10.8 Å². The van der Waals surface area contributed by atoms with Crippen LogP contribution < -0.4 is 10.2 Å². The van der Waals surface area contributed by atoms with E-state index in [1.165, 1.54) is 6.26 Å². The highest BCUT2D eigenvalue weighted by Crippen LogP contribution is 2.23. The standard InChI is InChI=1S/C17H23N3O5/c1-6-23-14(21)13-10-24-15(18-13)20-9-7-8-12(11(20)2)19-16(22)25-17(3,4)5/h7-11H,6H2,1-5H3,(H,19,22)/t11-/m0/s1. The van der Waals surface area contributed by atoms with Gasteiger partial charge in [-0.1, -0.05) is 0 Å². The number of anilines is 1. The Morgan fingerprint density at radius 1 is 1.40 bits per heavy atom. The lowest BCUT2D eigenvalue weighted by molar-refractivity contribution is 0.0515. The van der Waals surface area contributed by atoms with Gasteiger partial charge in [-0.3, -0.25) is 10.2 Å². The summed E-state index contributed by atoms with van der Waals surface area (Å²) in [5.41, 5.74) is 0.121. The third-order valence-corrected chi connectivity index (χ3v) is 3.23. The Morgan fingerprint density at radius 2 is 2.12 bits per heavy atom. The van der Waals surface area contributed by atoms with Gasteiger partial charge < -0.3 is 13.9 Å². The Hall–Kier alpha value is -2.77. The molecule has 0 bridgehead atoms. The average Bonchev–Trinajstić information content (AvgIpc) is 2.97. The van der Waals surface area contributed by atoms with Crippen LogP contribution in [0.15, 0.2) is 34.7 Å². The summed E-state index contributed by atoms with van der Waals surface area (Å²) in [6.45, 7) is 9.21. The second-order valence-corrected chi connectivity index (χ2v) is 6.41. The molecule has 0 spiro atoms. The van der Waals surface area contributed by atoms with Gasteiger partial charge in [0.2, 0.25) is 0 Å². The number of aromatic nitrogens is 1. The van der Waals surface area contributed by atoms with Gasteiger partial charge in [0.15, 0.2) is 5.69 Å². The molecule has 1 aliphatic rings. The summed E-state index contributed by atoms with van der Waals surface area (Å²) < 4.78 is 15.5. The number of hydrogen-bond donors (Lipinski definition) is 1. The molecule has 25 heavy (non-hydrogen) atoms. The topological polar surface area (TPSA) is 93.9 Å². The van der Waals surface area contributed by atoms with E-state index in [4.69, 9.17) is 13.9 Å². The smallest absolute Gasteiger partial charge is 0.411 e. The minimum absolute atomic E-state index is 0.0913. The van der Waals surface area contributed by atoms with Crippen molar-refractivity contribution in [2.45, 2.75) is 46.3 Å². The first kappa shape index (κ1) is 18.6. The van der Waals surface area contributed by atoms with Gasteiger partial charge >= 0.3 is 18.1 Å². The first-order valence-electron chi connectivity index (χ1n) is 8.00. The van der Waals surface area contributed by atoms with E-state index >= 15 is 0 Å². The molecule has 1 N–H and O–H groups in total. The SMILES string of the molecule is CCOC(=O)c1coc(N2C=CC=C(NC(=O)OC(C)(C)C)[C@@H]2C)n1. The molecule has 0 radical (unpaired) electrons. The fraction of sp³-hybridized carbons (Fsp3) is 0.471. The Kier molecular flexibility index (Phi) is 5.51. The molecule has 136 valence electrons. The van der Waals surface area contributed by atoms with E-state index in [1.807, 2.05) is 6.92 Å². The summed E-state index contributed by atoms with van der Waals surface area (Å²) in [7, 11) is 0. The first-order chi connectivity index (χ1) is 11.7. The van der Waals surface area contributed by atoms with Crippen LogP contribution in [0.5, 0.6) is 0 Å². The summed E-state index contributed by atoms with van der Waals surface area (Å²) in [5.74, 6) is -0.547. The second kappa shape index (κ2) is 7.42. The van der Waals surface area contributed by atoms with Crippen LogP contribution in [0.2, 0.25) is 0 Å². The number of nitrogens with one attached hydrogen (secondary N) is 1. The van der Waals surface area contributed by atoms with Gasteiger partial charge in [0, 0.05) is 11.9 Å². The Balaban J connectivity index is 2.08. The van der Waals surface area contributed by atoms with E-state index in [9.17, 15) is 9.59 Å². The Bertz CT molecular complexity index is 699. The van der Waals surface area contributed by atoms with E-state index in [0.29, 0.717) is 5.70 Å². The molecule has 0 fully saturated rings. The maximum absolute atomic E-state index is 12.0. The lowest BCUT2D eigenvalue weighted by atomic mass is 10.1. The third-order valence-electron chi connectivity index (χ3n) is 3.23. The molecule has 0 unspecified atom stereocenters. The van der Waals surface area contributed by atoms with Crippen molar-refractivity contribution < 1.29 is 23.5 Å². The molecule has 0 aliphatic carbocycles. The van der Waals surface area contributed by atoms with Crippen molar-refractivity contribution in [2.24, 2.45) is 0 Å². The van der Waals surface area contributed by atoms with Crippen LogP contribution in [-0.4, -0.2) is 35.3 Å². The number of esters is 1. The van der Waals surface area contributed by atoms with Gasteiger partial charge in [-0.25, -0.2) is 9.59 Å². The van der Waals surface area contributed by atoms with Gasteiger partial charge in [-0.05, 0) is 46.8 Å². The number of hydrogen-bond acceptors (Lipinski definition) is 7. The molecule has 1 amide bonds. The zero-order valence-electron chi connectivity index (χ0n) is 15.0. The maximum atomic E-state index is 12.0. The minimum atomic E-state index is -0.588. The lowest BCUT2D eigenvalue weighted by Crippen LogP contribution is -2.41. The van der Waals surface area contributed by atoms with Crippen LogP contribution in [-0.2, 0) is 9.47 Å². The van der Waals surface area contributed by atoms with Gasteiger partial charge in [0.05, 0.1) is 12.6 Å². The van der Waals surface area contributed by atoms with Crippen molar-refractivity contribution in [3.8, 4) is 0 Å². The van der Waals surface area contributed by atoms with Crippen molar-refractivity contribution in [3.63, 3.8) is 0 Å². The number of alkyl carbamates (subject to hydrolysis) is 1. The van der Waals surface area contributed by atoms with Crippen LogP contribution in [0, 0.1) is 0 Å².